The number of hydrogen-bond donors (Lipinski definition) is 1. The summed E-state index contributed by atoms with van der Waals surface area (Å²) in [6, 6.07) is 0.655. The van der Waals surface area contributed by atoms with Crippen LogP contribution >= 0.6 is 0 Å². The number of rotatable bonds is 3. The zero-order valence-electron chi connectivity index (χ0n) is 9.58. The molecule has 2 heterocycles. The molecule has 1 aromatic heterocycles. The van der Waals surface area contributed by atoms with Crippen LogP contribution in [0.25, 0.3) is 0 Å². The molecule has 1 N–H and O–H groups in total. The van der Waals surface area contributed by atoms with Crippen molar-refractivity contribution in [3.05, 3.63) is 5.89 Å². The van der Waals surface area contributed by atoms with E-state index in [1.165, 1.54) is 12.8 Å². The molecule has 2 rings (SSSR count). The average Bonchev–Trinajstić information content (AvgIpc) is 2.72. The lowest BCUT2D eigenvalue weighted by atomic mass is 10.0. The van der Waals surface area contributed by atoms with E-state index in [-0.39, 0.29) is 5.54 Å². The summed E-state index contributed by atoms with van der Waals surface area (Å²) >= 11 is 0. The van der Waals surface area contributed by atoms with E-state index in [4.69, 9.17) is 4.42 Å². The second kappa shape index (κ2) is 3.81. The summed E-state index contributed by atoms with van der Waals surface area (Å²) < 4.78 is 5.58. The van der Waals surface area contributed by atoms with Gasteiger partial charge in [0.2, 0.25) is 5.89 Å². The van der Waals surface area contributed by atoms with Crippen molar-refractivity contribution in [1.29, 1.82) is 0 Å². The molecule has 5 heteroatoms. The summed E-state index contributed by atoms with van der Waals surface area (Å²) in [6.07, 6.45) is 2.37. The summed E-state index contributed by atoms with van der Waals surface area (Å²) in [6.45, 7) is 6.05. The van der Waals surface area contributed by atoms with Crippen molar-refractivity contribution in [3.63, 3.8) is 0 Å². The van der Waals surface area contributed by atoms with E-state index in [0.29, 0.717) is 18.5 Å². The van der Waals surface area contributed by atoms with Crippen molar-refractivity contribution in [2.45, 2.75) is 38.8 Å². The molecular weight excluding hydrogens is 192 g/mol. The van der Waals surface area contributed by atoms with Gasteiger partial charge in [0, 0.05) is 12.1 Å². The Labute approximate surface area is 89.9 Å². The van der Waals surface area contributed by atoms with Gasteiger partial charge in [-0.1, -0.05) is 5.10 Å². The Morgan fingerprint density at radius 1 is 1.47 bits per heavy atom. The third-order valence-electron chi connectivity index (χ3n) is 2.92. The lowest BCUT2D eigenvalue weighted by molar-refractivity contribution is 0.433. The van der Waals surface area contributed by atoms with Crippen LogP contribution in [0.15, 0.2) is 4.42 Å². The van der Waals surface area contributed by atoms with Crippen molar-refractivity contribution in [2.24, 2.45) is 0 Å². The van der Waals surface area contributed by atoms with Gasteiger partial charge in [-0.05, 0) is 33.7 Å². The predicted molar refractivity (Wildman–Crippen MR) is 57.7 cm³/mol. The van der Waals surface area contributed by atoms with Gasteiger partial charge in [0.1, 0.15) is 0 Å². The lowest BCUT2D eigenvalue weighted by Gasteiger charge is -2.29. The highest BCUT2D eigenvalue weighted by Gasteiger charge is 2.35. The molecule has 0 bridgehead atoms. The van der Waals surface area contributed by atoms with Crippen LogP contribution in [0.4, 0.5) is 6.01 Å². The first-order chi connectivity index (χ1) is 7.13. The number of hydrogen-bond acceptors (Lipinski definition) is 5. The van der Waals surface area contributed by atoms with Gasteiger partial charge >= 0.3 is 6.01 Å². The van der Waals surface area contributed by atoms with Crippen molar-refractivity contribution < 1.29 is 4.42 Å². The first-order valence-electron chi connectivity index (χ1n) is 5.38. The Bertz CT molecular complexity index is 334. The largest absolute Gasteiger partial charge is 0.407 e. The highest BCUT2D eigenvalue weighted by molar-refractivity contribution is 5.32. The monoisotopic (exact) mass is 210 g/mol. The number of nitrogens with one attached hydrogen (secondary N) is 1. The van der Waals surface area contributed by atoms with Crippen molar-refractivity contribution >= 4 is 6.01 Å². The van der Waals surface area contributed by atoms with E-state index in [1.54, 1.807) is 0 Å². The molecule has 1 saturated heterocycles. The topological polar surface area (TPSA) is 54.2 Å². The normalized spacial score (nSPS) is 19.8. The van der Waals surface area contributed by atoms with Crippen LogP contribution in [-0.4, -0.2) is 29.3 Å². The Kier molecular flexibility index (Phi) is 2.65. The first kappa shape index (κ1) is 10.4. The maximum atomic E-state index is 5.58. The maximum absolute atomic E-state index is 5.58. The third kappa shape index (κ3) is 1.97. The molecule has 1 fully saturated rings. The van der Waals surface area contributed by atoms with Crippen molar-refractivity contribution in [2.75, 3.05) is 18.5 Å². The van der Waals surface area contributed by atoms with Crippen LogP contribution in [0.2, 0.25) is 0 Å². The molecule has 0 unspecified atom stereocenters. The SMILES string of the molecule is CNCc1nnc(N2CCCC2(C)C)o1. The number of anilines is 1. The predicted octanol–water partition coefficient (Wildman–Crippen LogP) is 1.17. The van der Waals surface area contributed by atoms with Gasteiger partial charge in [0.05, 0.1) is 6.54 Å². The molecule has 84 valence electrons. The van der Waals surface area contributed by atoms with Gasteiger partial charge < -0.3 is 14.6 Å². The Hall–Kier alpha value is -1.10. The fraction of sp³-hybridized carbons (Fsp3) is 0.800. The fourth-order valence-corrected chi connectivity index (χ4v) is 2.04. The fourth-order valence-electron chi connectivity index (χ4n) is 2.04. The van der Waals surface area contributed by atoms with E-state index < -0.39 is 0 Å². The maximum Gasteiger partial charge on any atom is 0.318 e. The molecule has 1 aliphatic heterocycles. The van der Waals surface area contributed by atoms with E-state index in [0.717, 1.165) is 6.54 Å². The van der Waals surface area contributed by atoms with E-state index in [2.05, 4.69) is 34.3 Å². The molecule has 0 aliphatic carbocycles. The standard InChI is InChI=1S/C10H18N4O/c1-10(2)5-4-6-14(10)9-13-12-8(15-9)7-11-3/h11H,4-7H2,1-3H3. The minimum atomic E-state index is 0.142. The molecule has 0 spiro atoms. The Morgan fingerprint density at radius 2 is 2.27 bits per heavy atom. The minimum absolute atomic E-state index is 0.142. The smallest absolute Gasteiger partial charge is 0.318 e. The highest BCUT2D eigenvalue weighted by atomic mass is 16.4. The van der Waals surface area contributed by atoms with Gasteiger partial charge in [-0.25, -0.2) is 0 Å². The molecule has 0 atom stereocenters. The summed E-state index contributed by atoms with van der Waals surface area (Å²) in [5.74, 6) is 0.648. The summed E-state index contributed by atoms with van der Waals surface area (Å²) in [5.41, 5.74) is 0.142. The Balaban J connectivity index is 2.15. The summed E-state index contributed by atoms with van der Waals surface area (Å²) in [5, 5.41) is 11.1. The van der Waals surface area contributed by atoms with Crippen molar-refractivity contribution in [3.8, 4) is 0 Å². The zero-order chi connectivity index (χ0) is 10.9. The third-order valence-corrected chi connectivity index (χ3v) is 2.92. The lowest BCUT2D eigenvalue weighted by Crippen LogP contribution is -2.38. The molecule has 0 saturated carbocycles. The number of aromatic nitrogens is 2. The van der Waals surface area contributed by atoms with E-state index in [9.17, 15) is 0 Å². The molecule has 1 aliphatic rings. The molecule has 0 aromatic carbocycles. The van der Waals surface area contributed by atoms with Gasteiger partial charge in [-0.2, -0.15) is 0 Å². The first-order valence-corrected chi connectivity index (χ1v) is 5.38. The molecule has 15 heavy (non-hydrogen) atoms. The molecule has 1 aromatic rings. The summed E-state index contributed by atoms with van der Waals surface area (Å²) in [4.78, 5) is 2.19. The minimum Gasteiger partial charge on any atom is -0.407 e. The van der Waals surface area contributed by atoms with Crippen LogP contribution in [-0.2, 0) is 6.54 Å². The van der Waals surface area contributed by atoms with Gasteiger partial charge in [-0.3, -0.25) is 0 Å². The van der Waals surface area contributed by atoms with Crippen LogP contribution in [0.3, 0.4) is 0 Å². The second-order valence-corrected chi connectivity index (χ2v) is 4.58. The van der Waals surface area contributed by atoms with Gasteiger partial charge in [0.25, 0.3) is 0 Å². The molecular formula is C10H18N4O. The van der Waals surface area contributed by atoms with Crippen LogP contribution in [0.1, 0.15) is 32.6 Å². The molecule has 5 nitrogen and oxygen atoms in total. The quantitative estimate of drug-likeness (QED) is 0.811. The van der Waals surface area contributed by atoms with E-state index in [1.807, 2.05) is 7.05 Å². The molecule has 0 amide bonds. The number of nitrogens with zero attached hydrogens (tertiary/aromatic N) is 3. The highest BCUT2D eigenvalue weighted by Crippen LogP contribution is 2.32. The van der Waals surface area contributed by atoms with E-state index >= 15 is 0 Å². The van der Waals surface area contributed by atoms with Gasteiger partial charge in [-0.15, -0.1) is 5.10 Å². The Morgan fingerprint density at radius 3 is 2.87 bits per heavy atom. The van der Waals surface area contributed by atoms with Crippen LogP contribution in [0.5, 0.6) is 0 Å². The second-order valence-electron chi connectivity index (χ2n) is 4.58. The van der Waals surface area contributed by atoms with Crippen LogP contribution in [0, 0.1) is 0 Å². The average molecular weight is 210 g/mol. The zero-order valence-corrected chi connectivity index (χ0v) is 9.58. The summed E-state index contributed by atoms with van der Waals surface area (Å²) in [7, 11) is 1.86. The van der Waals surface area contributed by atoms with Gasteiger partial charge in [0.15, 0.2) is 0 Å². The van der Waals surface area contributed by atoms with Crippen LogP contribution < -0.4 is 10.2 Å². The molecule has 0 radical (unpaired) electrons. The van der Waals surface area contributed by atoms with Crippen molar-refractivity contribution in [1.82, 2.24) is 15.5 Å².